The molecule has 0 saturated carbocycles. The second-order valence-corrected chi connectivity index (χ2v) is 9.76. The van der Waals surface area contributed by atoms with Crippen LogP contribution in [0.5, 0.6) is 5.75 Å². The van der Waals surface area contributed by atoms with E-state index in [0.717, 1.165) is 33.6 Å². The summed E-state index contributed by atoms with van der Waals surface area (Å²) in [4.78, 5) is 16.5. The number of phenols is 1. The van der Waals surface area contributed by atoms with Gasteiger partial charge in [-0.25, -0.2) is 4.21 Å². The molecule has 0 aliphatic carbocycles. The number of pyridine rings is 1. The van der Waals surface area contributed by atoms with Crippen molar-refractivity contribution < 1.29 is 19.2 Å². The van der Waals surface area contributed by atoms with Gasteiger partial charge in [-0.05, 0) is 72.4 Å². The van der Waals surface area contributed by atoms with E-state index in [0.29, 0.717) is 33.8 Å². The summed E-state index contributed by atoms with van der Waals surface area (Å²) in [5.74, 6) is -1.02. The van der Waals surface area contributed by atoms with Crippen molar-refractivity contribution in [1.82, 2.24) is 4.98 Å². The highest BCUT2D eigenvalue weighted by atomic mass is 35.5. The van der Waals surface area contributed by atoms with E-state index in [2.05, 4.69) is 0 Å². The maximum atomic E-state index is 12.7. The predicted molar refractivity (Wildman–Crippen MR) is 128 cm³/mol. The van der Waals surface area contributed by atoms with E-state index in [9.17, 15) is 19.2 Å². The SMILES string of the molecule is Cc1cnc2c(c1)CN(S(C)=O)c1c(C)c(CC(=O)O)c(-c3ccc(Cl)cc3O)c(C)c1-2. The van der Waals surface area contributed by atoms with E-state index < -0.39 is 17.0 Å². The van der Waals surface area contributed by atoms with E-state index >= 15 is 0 Å². The number of hydrogen-bond donors (Lipinski definition) is 2. The summed E-state index contributed by atoms with van der Waals surface area (Å²) in [7, 11) is -1.33. The molecule has 6 nitrogen and oxygen atoms in total. The molecule has 0 radical (unpaired) electrons. The Balaban J connectivity index is 2.16. The first-order valence-electron chi connectivity index (χ1n) is 10.0. The molecule has 0 spiro atoms. The molecule has 2 N–H and O–H groups in total. The number of aromatic nitrogens is 1. The minimum Gasteiger partial charge on any atom is -0.507 e. The van der Waals surface area contributed by atoms with Crippen LogP contribution in [-0.2, 0) is 28.7 Å². The molecule has 4 rings (SSSR count). The highest BCUT2D eigenvalue weighted by molar-refractivity contribution is 7.85. The Morgan fingerprint density at radius 2 is 1.91 bits per heavy atom. The topological polar surface area (TPSA) is 90.7 Å². The Bertz CT molecular complexity index is 1290. The number of aliphatic carboxylic acids is 1. The first-order chi connectivity index (χ1) is 15.1. The third-order valence-corrected chi connectivity index (χ3v) is 7.03. The Morgan fingerprint density at radius 1 is 1.19 bits per heavy atom. The lowest BCUT2D eigenvalue weighted by molar-refractivity contribution is -0.136. The second-order valence-electron chi connectivity index (χ2n) is 8.04. The van der Waals surface area contributed by atoms with Crippen LogP contribution >= 0.6 is 11.6 Å². The van der Waals surface area contributed by atoms with Crippen LogP contribution in [0.3, 0.4) is 0 Å². The van der Waals surface area contributed by atoms with Crippen LogP contribution in [0.2, 0.25) is 5.02 Å². The maximum absolute atomic E-state index is 12.7. The number of rotatable bonds is 4. The molecule has 0 amide bonds. The molecule has 166 valence electrons. The molecule has 32 heavy (non-hydrogen) atoms. The van der Waals surface area contributed by atoms with Gasteiger partial charge in [0.05, 0.1) is 24.3 Å². The zero-order valence-electron chi connectivity index (χ0n) is 18.2. The summed E-state index contributed by atoms with van der Waals surface area (Å²) in [5, 5.41) is 20.7. The third kappa shape index (κ3) is 3.65. The minimum atomic E-state index is -1.33. The van der Waals surface area contributed by atoms with Crippen LogP contribution in [0, 0.1) is 20.8 Å². The summed E-state index contributed by atoms with van der Waals surface area (Å²) < 4.78 is 14.5. The largest absolute Gasteiger partial charge is 0.507 e. The number of nitrogens with zero attached hydrogens (tertiary/aromatic N) is 2. The van der Waals surface area contributed by atoms with E-state index in [1.165, 1.54) is 6.07 Å². The fourth-order valence-corrected chi connectivity index (χ4v) is 5.50. The van der Waals surface area contributed by atoms with Gasteiger partial charge < -0.3 is 10.2 Å². The fraction of sp³-hybridized carbons (Fsp3) is 0.250. The van der Waals surface area contributed by atoms with Gasteiger partial charge in [0.1, 0.15) is 16.7 Å². The van der Waals surface area contributed by atoms with Gasteiger partial charge >= 0.3 is 5.97 Å². The summed E-state index contributed by atoms with van der Waals surface area (Å²) in [6.07, 6.45) is 3.17. The van der Waals surface area contributed by atoms with Crippen LogP contribution in [-0.4, -0.2) is 31.6 Å². The van der Waals surface area contributed by atoms with Crippen LogP contribution in [0.1, 0.15) is 27.8 Å². The number of carbonyl (C=O) groups is 1. The van der Waals surface area contributed by atoms with Crippen molar-refractivity contribution in [3.05, 3.63) is 63.3 Å². The maximum Gasteiger partial charge on any atom is 0.307 e. The van der Waals surface area contributed by atoms with Gasteiger partial charge in [0, 0.05) is 28.6 Å². The smallest absolute Gasteiger partial charge is 0.307 e. The van der Waals surface area contributed by atoms with E-state index in [1.807, 2.05) is 26.8 Å². The average molecular weight is 471 g/mol. The number of benzene rings is 2. The van der Waals surface area contributed by atoms with Crippen LogP contribution in [0.4, 0.5) is 5.69 Å². The summed E-state index contributed by atoms with van der Waals surface area (Å²) >= 11 is 6.05. The standard InChI is InChI=1S/C24H23ClN2O4S/c1-12-7-15-11-27(32(4)31)24-13(2)18(9-20(29)30)21(14(3)22(24)23(15)26-10-12)17-6-5-16(25)8-19(17)28/h5-8,10,28H,9,11H2,1-4H3,(H,29,30). The highest BCUT2D eigenvalue weighted by Gasteiger charge is 2.33. The molecule has 0 saturated heterocycles. The Kier molecular flexibility index (Phi) is 5.73. The Morgan fingerprint density at radius 3 is 2.53 bits per heavy atom. The molecule has 1 aromatic heterocycles. The van der Waals surface area contributed by atoms with Crippen LogP contribution in [0.15, 0.2) is 30.5 Å². The van der Waals surface area contributed by atoms with E-state index in [-0.39, 0.29) is 12.2 Å². The van der Waals surface area contributed by atoms with Crippen molar-refractivity contribution >= 4 is 34.2 Å². The lowest BCUT2D eigenvalue weighted by Crippen LogP contribution is -2.30. The van der Waals surface area contributed by atoms with Gasteiger partial charge in [-0.1, -0.05) is 17.7 Å². The molecule has 3 aromatic rings. The molecule has 1 unspecified atom stereocenters. The van der Waals surface area contributed by atoms with Gasteiger partial charge in [-0.15, -0.1) is 0 Å². The molecule has 1 aliphatic rings. The Labute approximate surface area is 194 Å². The fourth-order valence-electron chi connectivity index (χ4n) is 4.53. The number of aryl methyl sites for hydroxylation is 1. The number of hydrogen-bond acceptors (Lipinski definition) is 4. The van der Waals surface area contributed by atoms with Crippen LogP contribution < -0.4 is 4.31 Å². The minimum absolute atomic E-state index is 0.0320. The lowest BCUT2D eigenvalue weighted by atomic mass is 9.82. The first kappa shape index (κ1) is 22.3. The van der Waals surface area contributed by atoms with Gasteiger partial charge in [0.15, 0.2) is 0 Å². The van der Waals surface area contributed by atoms with E-state index in [4.69, 9.17) is 16.6 Å². The first-order valence-corrected chi connectivity index (χ1v) is 11.9. The van der Waals surface area contributed by atoms with Crippen molar-refractivity contribution in [2.24, 2.45) is 0 Å². The van der Waals surface area contributed by atoms with Crippen molar-refractivity contribution in [1.29, 1.82) is 0 Å². The number of carboxylic acids is 1. The van der Waals surface area contributed by atoms with E-state index in [1.54, 1.807) is 28.9 Å². The van der Waals surface area contributed by atoms with Crippen LogP contribution in [0.25, 0.3) is 22.4 Å². The highest BCUT2D eigenvalue weighted by Crippen LogP contribution is 2.49. The monoisotopic (exact) mass is 470 g/mol. The molecular formula is C24H23ClN2O4S. The number of anilines is 1. The molecule has 1 atom stereocenters. The number of fused-ring (bicyclic) bond motifs is 3. The summed E-state index contributed by atoms with van der Waals surface area (Å²) in [5.41, 5.74) is 7.44. The average Bonchev–Trinajstić information content (AvgIpc) is 2.71. The second kappa shape index (κ2) is 8.22. The van der Waals surface area contributed by atoms with Crippen molar-refractivity contribution in [2.75, 3.05) is 10.6 Å². The Hall–Kier alpha value is -2.90. The number of carboxylic acid groups (broad SMARTS) is 1. The predicted octanol–water partition coefficient (Wildman–Crippen LogP) is 4.94. The molecule has 1 aliphatic heterocycles. The molecule has 0 fully saturated rings. The zero-order chi connectivity index (χ0) is 23.3. The van der Waals surface area contributed by atoms with Crippen molar-refractivity contribution in [3.63, 3.8) is 0 Å². The summed E-state index contributed by atoms with van der Waals surface area (Å²) in [6.45, 7) is 6.10. The lowest BCUT2D eigenvalue weighted by Gasteiger charge is -2.35. The normalized spacial score (nSPS) is 13.5. The molecule has 0 bridgehead atoms. The van der Waals surface area contributed by atoms with Gasteiger partial charge in [0.25, 0.3) is 0 Å². The third-order valence-electron chi connectivity index (χ3n) is 5.87. The number of phenolic OH excluding ortho intramolecular Hbond substituents is 1. The molecule has 8 heteroatoms. The quantitative estimate of drug-likeness (QED) is 0.563. The van der Waals surface area contributed by atoms with Crippen molar-refractivity contribution in [2.45, 2.75) is 33.7 Å². The molecular weight excluding hydrogens is 448 g/mol. The number of aromatic hydroxyl groups is 1. The zero-order valence-corrected chi connectivity index (χ0v) is 19.8. The summed E-state index contributed by atoms with van der Waals surface area (Å²) in [6, 6.07) is 6.83. The molecule has 2 aromatic carbocycles. The van der Waals surface area contributed by atoms with Crippen molar-refractivity contribution in [3.8, 4) is 28.1 Å². The number of halogens is 1. The van der Waals surface area contributed by atoms with Gasteiger partial charge in [-0.2, -0.15) is 0 Å². The van der Waals surface area contributed by atoms with Gasteiger partial charge in [0.2, 0.25) is 0 Å². The van der Waals surface area contributed by atoms with Gasteiger partial charge in [-0.3, -0.25) is 14.1 Å². The molecule has 2 heterocycles.